The lowest BCUT2D eigenvalue weighted by atomic mass is 9.72. The molecule has 0 saturated carbocycles. The number of rotatable bonds is 3. The van der Waals surface area contributed by atoms with Gasteiger partial charge in [-0.15, -0.1) is 14.1 Å². The van der Waals surface area contributed by atoms with Crippen molar-refractivity contribution in [3.05, 3.63) is 82.9 Å². The van der Waals surface area contributed by atoms with Crippen LogP contribution >= 0.6 is 0 Å². The Kier molecular flexibility index (Phi) is 3.74. The van der Waals surface area contributed by atoms with Crippen molar-refractivity contribution in [1.29, 1.82) is 0 Å². The van der Waals surface area contributed by atoms with Crippen molar-refractivity contribution in [3.63, 3.8) is 0 Å². The monoisotopic (exact) mass is 399 g/mol. The van der Waals surface area contributed by atoms with Crippen molar-refractivity contribution in [2.45, 2.75) is 52.4 Å². The third kappa shape index (κ3) is 2.46. The van der Waals surface area contributed by atoms with E-state index in [2.05, 4.69) is 98.1 Å². The van der Waals surface area contributed by atoms with E-state index in [9.17, 15) is 5.11 Å². The van der Waals surface area contributed by atoms with Gasteiger partial charge < -0.3 is 5.11 Å². The summed E-state index contributed by atoms with van der Waals surface area (Å²) in [4.78, 5) is 2.07. The first-order chi connectivity index (χ1) is 14.1. The maximum Gasteiger partial charge on any atom is 0.147 e. The van der Waals surface area contributed by atoms with E-state index in [4.69, 9.17) is 0 Å². The largest absolute Gasteiger partial charge is 0.505 e. The van der Waals surface area contributed by atoms with Gasteiger partial charge in [-0.3, -0.25) is 0 Å². The van der Waals surface area contributed by atoms with Gasteiger partial charge in [0.1, 0.15) is 22.5 Å². The van der Waals surface area contributed by atoms with E-state index in [0.717, 1.165) is 16.8 Å². The molecule has 5 aromatic rings. The SMILES string of the molecule is Cc1c(C(C)(C)C)cc(-n2n3c4ccccc4n23)c(O)c1C(C)(C)c1ccccc1. The molecule has 0 bridgehead atoms. The second kappa shape index (κ2) is 5.94. The molecule has 0 fully saturated rings. The zero-order valence-electron chi connectivity index (χ0n) is 18.6. The van der Waals surface area contributed by atoms with Gasteiger partial charge in [0, 0.05) is 11.0 Å². The van der Waals surface area contributed by atoms with Crippen LogP contribution in [0.2, 0.25) is 0 Å². The summed E-state index contributed by atoms with van der Waals surface area (Å²) in [7, 11) is 0. The van der Waals surface area contributed by atoms with Crippen LogP contribution in [0.3, 0.4) is 0 Å². The topological polar surface area (TPSA) is 34.0 Å². The lowest BCUT2D eigenvalue weighted by molar-refractivity contribution is 0.446. The highest BCUT2D eigenvalue weighted by Gasteiger charge is 2.35. The van der Waals surface area contributed by atoms with Crippen LogP contribution in [0.25, 0.3) is 16.7 Å². The molecule has 0 radical (unpaired) electrons. The van der Waals surface area contributed by atoms with Gasteiger partial charge in [-0.2, -0.15) is 0 Å². The molecular weight excluding hydrogens is 370 g/mol. The van der Waals surface area contributed by atoms with Gasteiger partial charge in [0.05, 0.1) is 0 Å². The summed E-state index contributed by atoms with van der Waals surface area (Å²) in [6.45, 7) is 13.3. The zero-order chi connectivity index (χ0) is 21.4. The summed E-state index contributed by atoms with van der Waals surface area (Å²) >= 11 is 0. The third-order valence-corrected chi connectivity index (χ3v) is 6.50. The molecule has 2 aromatic heterocycles. The first-order valence-electron chi connectivity index (χ1n) is 10.6. The summed E-state index contributed by atoms with van der Waals surface area (Å²) in [6, 6.07) is 20.9. The van der Waals surface area contributed by atoms with Gasteiger partial charge in [0.15, 0.2) is 0 Å². The average Bonchev–Trinajstić information content (AvgIpc) is 3.34. The number of aromatic nitrogens is 3. The van der Waals surface area contributed by atoms with E-state index in [1.54, 1.807) is 0 Å². The van der Waals surface area contributed by atoms with Crippen LogP contribution < -0.4 is 0 Å². The molecule has 154 valence electrons. The minimum Gasteiger partial charge on any atom is -0.505 e. The molecule has 1 N–H and O–H groups in total. The normalized spacial score (nSPS) is 13.1. The summed E-state index contributed by atoms with van der Waals surface area (Å²) in [5.74, 6) is 0.356. The molecule has 3 aromatic carbocycles. The van der Waals surface area contributed by atoms with Gasteiger partial charge in [0.2, 0.25) is 0 Å². The van der Waals surface area contributed by atoms with Crippen LogP contribution in [0, 0.1) is 6.92 Å². The number of aromatic hydroxyl groups is 1. The van der Waals surface area contributed by atoms with Crippen molar-refractivity contribution >= 4 is 11.0 Å². The van der Waals surface area contributed by atoms with Crippen molar-refractivity contribution in [2.24, 2.45) is 0 Å². The van der Waals surface area contributed by atoms with Gasteiger partial charge in [-0.05, 0) is 47.2 Å². The number of hydrogen-bond donors (Lipinski definition) is 1. The van der Waals surface area contributed by atoms with Gasteiger partial charge in [0.25, 0.3) is 0 Å². The van der Waals surface area contributed by atoms with Gasteiger partial charge in [-0.25, -0.2) is 0 Å². The minimum atomic E-state index is -0.335. The second-order valence-corrected chi connectivity index (χ2v) is 9.89. The first-order valence-corrected chi connectivity index (χ1v) is 10.6. The Hall–Kier alpha value is -3.14. The molecule has 2 heterocycles. The van der Waals surface area contributed by atoms with Crippen molar-refractivity contribution in [1.82, 2.24) is 14.1 Å². The smallest absolute Gasteiger partial charge is 0.147 e. The van der Waals surface area contributed by atoms with Crippen molar-refractivity contribution in [2.75, 3.05) is 0 Å². The fraction of sp³-hybridized carbons (Fsp3) is 0.308. The van der Waals surface area contributed by atoms with Crippen LogP contribution in [-0.2, 0) is 10.8 Å². The standard InChI is InChI=1S/C26H29N3O/c1-17-19(25(2,3)4)16-22(29-27-20-14-10-11-15-21(20)28(27)29)24(30)23(17)26(5,6)18-12-8-7-9-13-18/h7-16,30H,1-6H3. The molecule has 0 saturated heterocycles. The first kappa shape index (κ1) is 18.9. The second-order valence-electron chi connectivity index (χ2n) is 9.89. The summed E-state index contributed by atoms with van der Waals surface area (Å²) in [6.07, 6.45) is 0. The quantitative estimate of drug-likeness (QED) is 0.393. The van der Waals surface area contributed by atoms with E-state index in [-0.39, 0.29) is 10.8 Å². The number of phenols is 1. The molecule has 0 atom stereocenters. The number of fused-ring (bicyclic) bond motifs is 4. The fourth-order valence-corrected chi connectivity index (χ4v) is 4.95. The molecule has 0 amide bonds. The Labute approximate surface area is 177 Å². The van der Waals surface area contributed by atoms with E-state index < -0.39 is 0 Å². The zero-order valence-corrected chi connectivity index (χ0v) is 18.6. The Morgan fingerprint density at radius 1 is 0.767 bits per heavy atom. The van der Waals surface area contributed by atoms with E-state index in [1.165, 1.54) is 22.2 Å². The number of hydrogen-bond acceptors (Lipinski definition) is 1. The van der Waals surface area contributed by atoms with Crippen LogP contribution in [0.4, 0.5) is 0 Å². The summed E-state index contributed by atoms with van der Waals surface area (Å²) in [5.41, 5.74) is 7.39. The Balaban J connectivity index is 1.81. The highest BCUT2D eigenvalue weighted by Crippen LogP contribution is 2.46. The van der Waals surface area contributed by atoms with Crippen LogP contribution in [0.5, 0.6) is 5.75 Å². The lowest BCUT2D eigenvalue weighted by Gasteiger charge is -2.33. The van der Waals surface area contributed by atoms with E-state index in [0.29, 0.717) is 5.75 Å². The number of phenolic OH excluding ortho intramolecular Hbond substituents is 1. The lowest BCUT2D eigenvalue weighted by Crippen LogP contribution is -2.24. The highest BCUT2D eigenvalue weighted by atomic mass is 16.3. The number of benzene rings is 3. The Bertz CT molecular complexity index is 1310. The number of para-hydroxylation sites is 2. The predicted octanol–water partition coefficient (Wildman–Crippen LogP) is 6.06. The maximum atomic E-state index is 11.6. The Morgan fingerprint density at radius 3 is 1.83 bits per heavy atom. The van der Waals surface area contributed by atoms with Crippen LogP contribution in [-0.4, -0.2) is 19.2 Å². The number of nitrogens with zero attached hydrogens (tertiary/aromatic N) is 3. The average molecular weight is 400 g/mol. The Morgan fingerprint density at radius 2 is 1.30 bits per heavy atom. The molecule has 0 aliphatic carbocycles. The highest BCUT2D eigenvalue weighted by molar-refractivity contribution is 5.80. The van der Waals surface area contributed by atoms with E-state index in [1.807, 2.05) is 18.2 Å². The minimum absolute atomic E-state index is 0.0410. The van der Waals surface area contributed by atoms with Crippen molar-refractivity contribution in [3.8, 4) is 11.4 Å². The summed E-state index contributed by atoms with van der Waals surface area (Å²) < 4.78 is 4.21. The maximum absolute atomic E-state index is 11.6. The molecule has 5 rings (SSSR count). The molecule has 4 heteroatoms. The molecule has 30 heavy (non-hydrogen) atoms. The summed E-state index contributed by atoms with van der Waals surface area (Å²) in [5, 5.41) is 11.6. The van der Waals surface area contributed by atoms with Gasteiger partial charge in [-0.1, -0.05) is 77.1 Å². The molecule has 0 aliphatic heterocycles. The molecule has 4 nitrogen and oxygen atoms in total. The molecule has 0 spiro atoms. The van der Waals surface area contributed by atoms with Gasteiger partial charge >= 0.3 is 0 Å². The van der Waals surface area contributed by atoms with Crippen LogP contribution in [0.1, 0.15) is 56.9 Å². The van der Waals surface area contributed by atoms with Crippen molar-refractivity contribution < 1.29 is 5.11 Å². The third-order valence-electron chi connectivity index (χ3n) is 6.50. The fourth-order valence-electron chi connectivity index (χ4n) is 4.95. The molecule has 0 aliphatic rings. The van der Waals surface area contributed by atoms with Crippen LogP contribution in [0.15, 0.2) is 60.7 Å². The molecular formula is C26H29N3O. The van der Waals surface area contributed by atoms with E-state index >= 15 is 0 Å². The predicted molar refractivity (Wildman–Crippen MR) is 123 cm³/mol. The molecule has 0 unspecified atom stereocenters.